The summed E-state index contributed by atoms with van der Waals surface area (Å²) >= 11 is 3.40. The summed E-state index contributed by atoms with van der Waals surface area (Å²) in [5.74, 6) is 0.240. The SMILES string of the molecule is C[C@H](NC(=O)c1cccnc1-n1cncn1)c1ccc(Br)cc1. The first-order chi connectivity index (χ1) is 11.1. The molecule has 1 N–H and O–H groups in total. The summed E-state index contributed by atoms with van der Waals surface area (Å²) in [5, 5.41) is 7.01. The van der Waals surface area contributed by atoms with E-state index >= 15 is 0 Å². The lowest BCUT2D eigenvalue weighted by Gasteiger charge is -2.15. The van der Waals surface area contributed by atoms with Gasteiger partial charge >= 0.3 is 0 Å². The van der Waals surface area contributed by atoms with Gasteiger partial charge in [0.25, 0.3) is 5.91 Å². The van der Waals surface area contributed by atoms with Gasteiger partial charge in [-0.1, -0.05) is 28.1 Å². The average Bonchev–Trinajstić information content (AvgIpc) is 3.09. The molecule has 116 valence electrons. The van der Waals surface area contributed by atoms with Crippen LogP contribution < -0.4 is 5.32 Å². The van der Waals surface area contributed by atoms with E-state index in [0.717, 1.165) is 10.0 Å². The molecule has 0 aliphatic heterocycles. The highest BCUT2D eigenvalue weighted by Gasteiger charge is 2.17. The third-order valence-electron chi connectivity index (χ3n) is 3.38. The minimum Gasteiger partial charge on any atom is -0.345 e. The molecule has 3 aromatic rings. The smallest absolute Gasteiger partial charge is 0.255 e. The molecule has 0 radical (unpaired) electrons. The molecule has 1 atom stereocenters. The van der Waals surface area contributed by atoms with Crippen LogP contribution in [0.15, 0.2) is 59.7 Å². The van der Waals surface area contributed by atoms with E-state index in [-0.39, 0.29) is 11.9 Å². The highest BCUT2D eigenvalue weighted by atomic mass is 79.9. The Balaban J connectivity index is 1.83. The normalized spacial score (nSPS) is 11.9. The second kappa shape index (κ2) is 6.70. The molecular formula is C16H14BrN5O. The number of nitrogens with zero attached hydrogens (tertiary/aromatic N) is 4. The maximum atomic E-state index is 12.6. The predicted octanol–water partition coefficient (Wildman–Crippen LogP) is 2.92. The molecule has 7 heteroatoms. The van der Waals surface area contributed by atoms with E-state index < -0.39 is 0 Å². The van der Waals surface area contributed by atoms with Crippen molar-refractivity contribution < 1.29 is 4.79 Å². The molecule has 2 aromatic heterocycles. The largest absolute Gasteiger partial charge is 0.345 e. The minimum atomic E-state index is -0.209. The Morgan fingerprint density at radius 2 is 2.04 bits per heavy atom. The Morgan fingerprint density at radius 3 is 2.74 bits per heavy atom. The lowest BCUT2D eigenvalue weighted by molar-refractivity contribution is 0.0939. The number of amides is 1. The fourth-order valence-corrected chi connectivity index (χ4v) is 2.45. The van der Waals surface area contributed by atoms with Gasteiger partial charge in [-0.3, -0.25) is 4.79 Å². The maximum Gasteiger partial charge on any atom is 0.255 e. The molecule has 1 amide bonds. The molecule has 0 saturated carbocycles. The Morgan fingerprint density at radius 1 is 1.26 bits per heavy atom. The van der Waals surface area contributed by atoms with Crippen molar-refractivity contribution in [2.75, 3.05) is 0 Å². The standard InChI is InChI=1S/C16H14BrN5O/c1-11(12-4-6-13(17)7-5-12)21-16(23)14-3-2-8-19-15(14)22-10-18-9-20-22/h2-11H,1H3,(H,21,23)/t11-/m0/s1. The Labute approximate surface area is 141 Å². The van der Waals surface area contributed by atoms with Crippen molar-refractivity contribution in [3.05, 3.63) is 70.8 Å². The van der Waals surface area contributed by atoms with Gasteiger partial charge in [-0.15, -0.1) is 0 Å². The first kappa shape index (κ1) is 15.4. The molecule has 0 bridgehead atoms. The molecule has 2 heterocycles. The minimum absolute atomic E-state index is 0.126. The van der Waals surface area contributed by atoms with Crippen LogP contribution in [-0.4, -0.2) is 25.7 Å². The Bertz CT molecular complexity index is 802. The number of hydrogen-bond acceptors (Lipinski definition) is 4. The number of carbonyl (C=O) groups excluding carboxylic acids is 1. The molecule has 0 unspecified atom stereocenters. The Hall–Kier alpha value is -2.54. The number of nitrogens with one attached hydrogen (secondary N) is 1. The van der Waals surface area contributed by atoms with E-state index in [9.17, 15) is 4.79 Å². The monoisotopic (exact) mass is 371 g/mol. The van der Waals surface area contributed by atoms with Gasteiger partial charge in [0.05, 0.1) is 11.6 Å². The highest BCUT2D eigenvalue weighted by Crippen LogP contribution is 2.18. The summed E-state index contributed by atoms with van der Waals surface area (Å²) < 4.78 is 2.47. The van der Waals surface area contributed by atoms with E-state index in [4.69, 9.17) is 0 Å². The number of rotatable bonds is 4. The quantitative estimate of drug-likeness (QED) is 0.765. The van der Waals surface area contributed by atoms with Crippen LogP contribution in [0.1, 0.15) is 28.9 Å². The van der Waals surface area contributed by atoms with Crippen LogP contribution in [-0.2, 0) is 0 Å². The van der Waals surface area contributed by atoms with Gasteiger partial charge in [-0.25, -0.2) is 14.6 Å². The van der Waals surface area contributed by atoms with Crippen LogP contribution in [0.5, 0.6) is 0 Å². The molecular weight excluding hydrogens is 358 g/mol. The second-order valence-corrected chi connectivity index (χ2v) is 5.88. The van der Waals surface area contributed by atoms with Gasteiger partial charge in [-0.05, 0) is 36.8 Å². The van der Waals surface area contributed by atoms with Gasteiger partial charge in [0.15, 0.2) is 5.82 Å². The molecule has 0 fully saturated rings. The van der Waals surface area contributed by atoms with E-state index in [1.54, 1.807) is 18.3 Å². The van der Waals surface area contributed by atoms with Crippen molar-refractivity contribution in [1.82, 2.24) is 25.1 Å². The van der Waals surface area contributed by atoms with Crippen molar-refractivity contribution in [3.63, 3.8) is 0 Å². The average molecular weight is 372 g/mol. The van der Waals surface area contributed by atoms with Gasteiger partial charge in [0.1, 0.15) is 12.7 Å². The zero-order valence-corrected chi connectivity index (χ0v) is 13.9. The van der Waals surface area contributed by atoms with Gasteiger partial charge in [0, 0.05) is 10.7 Å². The summed E-state index contributed by atoms with van der Waals surface area (Å²) in [6.07, 6.45) is 4.53. The van der Waals surface area contributed by atoms with Crippen molar-refractivity contribution in [3.8, 4) is 5.82 Å². The third-order valence-corrected chi connectivity index (χ3v) is 3.91. The van der Waals surface area contributed by atoms with Crippen molar-refractivity contribution in [2.24, 2.45) is 0 Å². The van der Waals surface area contributed by atoms with Crippen LogP contribution in [0, 0.1) is 0 Å². The number of carbonyl (C=O) groups is 1. The van der Waals surface area contributed by atoms with Gasteiger partial charge < -0.3 is 5.32 Å². The topological polar surface area (TPSA) is 72.7 Å². The number of hydrogen-bond donors (Lipinski definition) is 1. The third kappa shape index (κ3) is 3.45. The number of benzene rings is 1. The first-order valence-electron chi connectivity index (χ1n) is 7.01. The second-order valence-electron chi connectivity index (χ2n) is 4.96. The molecule has 0 spiro atoms. The van der Waals surface area contributed by atoms with Crippen LogP contribution >= 0.6 is 15.9 Å². The predicted molar refractivity (Wildman–Crippen MR) is 89.2 cm³/mol. The number of halogens is 1. The first-order valence-corrected chi connectivity index (χ1v) is 7.81. The van der Waals surface area contributed by atoms with Crippen molar-refractivity contribution >= 4 is 21.8 Å². The lowest BCUT2D eigenvalue weighted by Crippen LogP contribution is -2.28. The van der Waals surface area contributed by atoms with E-state index in [2.05, 4.69) is 36.3 Å². The van der Waals surface area contributed by atoms with E-state index in [1.165, 1.54) is 17.3 Å². The molecule has 0 aliphatic rings. The summed E-state index contributed by atoms with van der Waals surface area (Å²) in [6, 6.07) is 11.1. The van der Waals surface area contributed by atoms with Crippen molar-refractivity contribution in [2.45, 2.75) is 13.0 Å². The summed E-state index contributed by atoms with van der Waals surface area (Å²) in [5.41, 5.74) is 1.47. The summed E-state index contributed by atoms with van der Waals surface area (Å²) in [6.45, 7) is 1.94. The molecule has 1 aromatic carbocycles. The summed E-state index contributed by atoms with van der Waals surface area (Å²) in [7, 11) is 0. The van der Waals surface area contributed by atoms with Crippen LogP contribution in [0.3, 0.4) is 0 Å². The van der Waals surface area contributed by atoms with Crippen molar-refractivity contribution in [1.29, 1.82) is 0 Å². The fourth-order valence-electron chi connectivity index (χ4n) is 2.18. The Kier molecular flexibility index (Phi) is 4.47. The summed E-state index contributed by atoms with van der Waals surface area (Å²) in [4.78, 5) is 20.7. The van der Waals surface area contributed by atoms with Crippen LogP contribution in [0.25, 0.3) is 5.82 Å². The van der Waals surface area contributed by atoms with Gasteiger partial charge in [-0.2, -0.15) is 5.10 Å². The number of pyridine rings is 1. The van der Waals surface area contributed by atoms with E-state index in [0.29, 0.717) is 11.4 Å². The molecule has 3 rings (SSSR count). The molecule has 6 nitrogen and oxygen atoms in total. The van der Waals surface area contributed by atoms with Crippen LogP contribution in [0.2, 0.25) is 0 Å². The van der Waals surface area contributed by atoms with E-state index in [1.807, 2.05) is 31.2 Å². The highest BCUT2D eigenvalue weighted by molar-refractivity contribution is 9.10. The molecule has 0 saturated heterocycles. The lowest BCUT2D eigenvalue weighted by atomic mass is 10.1. The molecule has 23 heavy (non-hydrogen) atoms. The number of aromatic nitrogens is 4. The maximum absolute atomic E-state index is 12.6. The van der Waals surface area contributed by atoms with Gasteiger partial charge in [0.2, 0.25) is 0 Å². The van der Waals surface area contributed by atoms with Crippen LogP contribution in [0.4, 0.5) is 0 Å². The molecule has 0 aliphatic carbocycles. The zero-order valence-electron chi connectivity index (χ0n) is 12.3. The zero-order chi connectivity index (χ0) is 16.2. The fraction of sp³-hybridized carbons (Fsp3) is 0.125.